The van der Waals surface area contributed by atoms with Crippen molar-refractivity contribution in [2.24, 2.45) is 5.92 Å². The molecule has 14 heavy (non-hydrogen) atoms. The van der Waals surface area contributed by atoms with Gasteiger partial charge in [-0.05, 0) is 24.8 Å². The SMILES string of the molecule is C=C(Cl)C(=C)CCNCC#CC1CC1. The van der Waals surface area contributed by atoms with Crippen molar-refractivity contribution in [1.29, 1.82) is 0 Å². The van der Waals surface area contributed by atoms with E-state index in [1.807, 2.05) is 0 Å². The Balaban J connectivity index is 1.96. The molecule has 1 nitrogen and oxygen atoms in total. The molecule has 0 unspecified atom stereocenters. The van der Waals surface area contributed by atoms with E-state index in [0.717, 1.165) is 25.1 Å². The highest BCUT2D eigenvalue weighted by atomic mass is 35.5. The van der Waals surface area contributed by atoms with Gasteiger partial charge in [0.1, 0.15) is 0 Å². The average molecular weight is 210 g/mol. The van der Waals surface area contributed by atoms with E-state index in [4.69, 9.17) is 11.6 Å². The maximum Gasteiger partial charge on any atom is 0.0576 e. The molecule has 0 aliphatic heterocycles. The first kappa shape index (κ1) is 11.4. The Labute approximate surface area is 91.2 Å². The molecule has 76 valence electrons. The largest absolute Gasteiger partial charge is 0.306 e. The lowest BCUT2D eigenvalue weighted by molar-refractivity contribution is 0.754. The molecular formula is C12H16ClN. The van der Waals surface area contributed by atoms with Crippen LogP contribution in [0.3, 0.4) is 0 Å². The van der Waals surface area contributed by atoms with E-state index in [-0.39, 0.29) is 0 Å². The van der Waals surface area contributed by atoms with Crippen LogP contribution in [0.2, 0.25) is 0 Å². The smallest absolute Gasteiger partial charge is 0.0576 e. The van der Waals surface area contributed by atoms with E-state index >= 15 is 0 Å². The summed E-state index contributed by atoms with van der Waals surface area (Å²) in [4.78, 5) is 0. The van der Waals surface area contributed by atoms with Crippen molar-refractivity contribution < 1.29 is 0 Å². The van der Waals surface area contributed by atoms with Crippen molar-refractivity contribution in [1.82, 2.24) is 5.32 Å². The van der Waals surface area contributed by atoms with E-state index in [1.54, 1.807) is 0 Å². The van der Waals surface area contributed by atoms with Crippen molar-refractivity contribution in [2.75, 3.05) is 13.1 Å². The summed E-state index contributed by atoms with van der Waals surface area (Å²) in [5.74, 6) is 6.98. The molecule has 1 fully saturated rings. The maximum absolute atomic E-state index is 5.67. The number of nitrogens with one attached hydrogen (secondary N) is 1. The second-order valence-electron chi connectivity index (χ2n) is 3.53. The molecule has 2 heteroatoms. The fourth-order valence-corrected chi connectivity index (χ4v) is 1.04. The van der Waals surface area contributed by atoms with Gasteiger partial charge in [-0.2, -0.15) is 0 Å². The summed E-state index contributed by atoms with van der Waals surface area (Å²) in [6.07, 6.45) is 3.42. The third-order valence-corrected chi connectivity index (χ3v) is 2.35. The van der Waals surface area contributed by atoms with Gasteiger partial charge in [-0.15, -0.1) is 0 Å². The van der Waals surface area contributed by atoms with Crippen LogP contribution in [0.1, 0.15) is 19.3 Å². The second-order valence-corrected chi connectivity index (χ2v) is 3.99. The molecule has 0 aromatic carbocycles. The summed E-state index contributed by atoms with van der Waals surface area (Å²) in [5, 5.41) is 3.77. The molecule has 1 aliphatic carbocycles. The molecule has 1 rings (SSSR count). The van der Waals surface area contributed by atoms with Crippen LogP contribution in [0.25, 0.3) is 0 Å². The van der Waals surface area contributed by atoms with Gasteiger partial charge in [-0.1, -0.05) is 36.6 Å². The predicted octanol–water partition coefficient (Wildman–Crippen LogP) is 2.69. The summed E-state index contributed by atoms with van der Waals surface area (Å²) in [6.45, 7) is 9.04. The molecular weight excluding hydrogens is 194 g/mol. The lowest BCUT2D eigenvalue weighted by atomic mass is 10.2. The number of hydrogen-bond donors (Lipinski definition) is 1. The van der Waals surface area contributed by atoms with Gasteiger partial charge in [0.25, 0.3) is 0 Å². The Kier molecular flexibility index (Phi) is 4.79. The molecule has 1 N–H and O–H groups in total. The fraction of sp³-hybridized carbons (Fsp3) is 0.500. The monoisotopic (exact) mass is 209 g/mol. The van der Waals surface area contributed by atoms with Crippen molar-refractivity contribution in [3.05, 3.63) is 23.8 Å². The van der Waals surface area contributed by atoms with Crippen molar-refractivity contribution >= 4 is 11.6 Å². The van der Waals surface area contributed by atoms with Crippen LogP contribution in [0.4, 0.5) is 0 Å². The third-order valence-electron chi connectivity index (χ3n) is 2.08. The van der Waals surface area contributed by atoms with Gasteiger partial charge in [0, 0.05) is 17.5 Å². The highest BCUT2D eigenvalue weighted by molar-refractivity contribution is 6.31. The summed E-state index contributed by atoms with van der Waals surface area (Å²) in [6, 6.07) is 0. The van der Waals surface area contributed by atoms with Gasteiger partial charge in [0.05, 0.1) is 6.54 Å². The zero-order chi connectivity index (χ0) is 10.4. The van der Waals surface area contributed by atoms with Crippen molar-refractivity contribution in [2.45, 2.75) is 19.3 Å². The topological polar surface area (TPSA) is 12.0 Å². The quantitative estimate of drug-likeness (QED) is 0.417. The van der Waals surface area contributed by atoms with Crippen LogP contribution in [0.15, 0.2) is 23.8 Å². The molecule has 1 aliphatic rings. The lowest BCUT2D eigenvalue weighted by Gasteiger charge is -2.02. The van der Waals surface area contributed by atoms with Crippen LogP contribution < -0.4 is 5.32 Å². The van der Waals surface area contributed by atoms with Gasteiger partial charge >= 0.3 is 0 Å². The zero-order valence-corrected chi connectivity index (χ0v) is 9.16. The normalized spacial score (nSPS) is 14.4. The molecule has 0 amide bonds. The lowest BCUT2D eigenvalue weighted by Crippen LogP contribution is -2.15. The Morgan fingerprint density at radius 3 is 2.71 bits per heavy atom. The number of hydrogen-bond acceptors (Lipinski definition) is 1. The number of halogens is 1. The minimum absolute atomic E-state index is 0.552. The minimum Gasteiger partial charge on any atom is -0.306 e. The van der Waals surface area contributed by atoms with Gasteiger partial charge in [-0.3, -0.25) is 0 Å². The molecule has 0 radical (unpaired) electrons. The van der Waals surface area contributed by atoms with Crippen LogP contribution in [-0.2, 0) is 0 Å². The highest BCUT2D eigenvalue weighted by Crippen LogP contribution is 2.27. The third kappa shape index (κ3) is 5.11. The zero-order valence-electron chi connectivity index (χ0n) is 8.41. The second kappa shape index (κ2) is 5.90. The Bertz CT molecular complexity index is 278. The predicted molar refractivity (Wildman–Crippen MR) is 62.1 cm³/mol. The first-order chi connectivity index (χ1) is 6.70. The van der Waals surface area contributed by atoms with Gasteiger partial charge in [0.15, 0.2) is 0 Å². The summed E-state index contributed by atoms with van der Waals surface area (Å²) in [5.41, 5.74) is 0.898. The van der Waals surface area contributed by atoms with Crippen LogP contribution >= 0.6 is 11.6 Å². The Morgan fingerprint density at radius 1 is 1.43 bits per heavy atom. The molecule has 0 heterocycles. The first-order valence-corrected chi connectivity index (χ1v) is 5.29. The molecule has 1 saturated carbocycles. The summed E-state index contributed by atoms with van der Waals surface area (Å²) >= 11 is 5.67. The molecule has 0 aromatic heterocycles. The molecule has 0 spiro atoms. The van der Waals surface area contributed by atoms with E-state index in [9.17, 15) is 0 Å². The Morgan fingerprint density at radius 2 is 2.14 bits per heavy atom. The summed E-state index contributed by atoms with van der Waals surface area (Å²) < 4.78 is 0. The maximum atomic E-state index is 5.67. The highest BCUT2D eigenvalue weighted by Gasteiger charge is 2.17. The van der Waals surface area contributed by atoms with Crippen molar-refractivity contribution in [3.8, 4) is 11.8 Å². The van der Waals surface area contributed by atoms with Gasteiger partial charge in [-0.25, -0.2) is 0 Å². The molecule has 0 aromatic rings. The van der Waals surface area contributed by atoms with Crippen LogP contribution in [0, 0.1) is 17.8 Å². The van der Waals surface area contributed by atoms with Gasteiger partial charge < -0.3 is 5.32 Å². The van der Waals surface area contributed by atoms with E-state index in [1.165, 1.54) is 12.8 Å². The number of rotatable bonds is 5. The van der Waals surface area contributed by atoms with E-state index in [0.29, 0.717) is 11.0 Å². The van der Waals surface area contributed by atoms with Crippen LogP contribution in [0.5, 0.6) is 0 Å². The molecule has 0 saturated heterocycles. The Hall–Kier alpha value is -0.710. The first-order valence-electron chi connectivity index (χ1n) is 4.92. The van der Waals surface area contributed by atoms with Crippen LogP contribution in [-0.4, -0.2) is 13.1 Å². The van der Waals surface area contributed by atoms with E-state index in [2.05, 4.69) is 30.3 Å². The molecule has 0 bridgehead atoms. The summed E-state index contributed by atoms with van der Waals surface area (Å²) in [7, 11) is 0. The number of allylic oxidation sites excluding steroid dienone is 1. The average Bonchev–Trinajstić information content (AvgIpc) is 2.94. The molecule has 0 atom stereocenters. The fourth-order valence-electron chi connectivity index (χ4n) is 0.949. The standard InChI is InChI=1S/C12H16ClN/c1-10(11(2)13)7-9-14-8-3-4-12-5-6-12/h12,14H,1-2,5-9H2. The van der Waals surface area contributed by atoms with Gasteiger partial charge in [0.2, 0.25) is 0 Å². The van der Waals surface area contributed by atoms with Crippen molar-refractivity contribution in [3.63, 3.8) is 0 Å². The minimum atomic E-state index is 0.552. The van der Waals surface area contributed by atoms with E-state index < -0.39 is 0 Å².